The van der Waals surface area contributed by atoms with Crippen molar-refractivity contribution in [2.45, 2.75) is 26.2 Å². The fraction of sp³-hybridized carbons (Fsp3) is 0.600. The second-order valence-corrected chi connectivity index (χ2v) is 6.12. The van der Waals surface area contributed by atoms with E-state index >= 15 is 0 Å². The second-order valence-electron chi connectivity index (χ2n) is 5.30. The fourth-order valence-electron chi connectivity index (χ4n) is 2.33. The molecule has 0 saturated carbocycles. The smallest absolute Gasteiger partial charge is 0.120 e. The number of piperidine rings is 1. The summed E-state index contributed by atoms with van der Waals surface area (Å²) in [5.74, 6) is 1.69. The van der Waals surface area contributed by atoms with E-state index in [1.54, 1.807) is 12.1 Å². The summed E-state index contributed by atoms with van der Waals surface area (Å²) in [6.07, 6.45) is 3.70. The van der Waals surface area contributed by atoms with Crippen LogP contribution in [0.1, 0.15) is 26.2 Å². The Morgan fingerprint density at radius 2 is 1.90 bits per heavy atom. The molecule has 2 rings (SSSR count). The Morgan fingerprint density at radius 1 is 1.20 bits per heavy atom. The van der Waals surface area contributed by atoms with E-state index in [1.165, 1.54) is 25.9 Å². The molecule has 0 amide bonds. The van der Waals surface area contributed by atoms with Crippen LogP contribution in [0.3, 0.4) is 0 Å². The number of halogens is 3. The topological polar surface area (TPSA) is 12.5 Å². The Labute approximate surface area is 137 Å². The Hall–Kier alpha value is -0.150. The summed E-state index contributed by atoms with van der Waals surface area (Å²) >= 11 is 11.8. The second kappa shape index (κ2) is 8.99. The summed E-state index contributed by atoms with van der Waals surface area (Å²) in [5, 5.41) is 1.11. The number of likely N-dealkylation sites (tertiary alicyclic amines) is 1. The minimum atomic E-state index is 0. The normalized spacial score (nSPS) is 16.8. The number of ether oxygens (including phenoxy) is 1. The molecule has 1 saturated heterocycles. The van der Waals surface area contributed by atoms with Crippen LogP contribution in [0, 0.1) is 5.92 Å². The van der Waals surface area contributed by atoms with Gasteiger partial charge in [-0.25, -0.2) is 0 Å². The van der Waals surface area contributed by atoms with Crippen molar-refractivity contribution < 1.29 is 17.1 Å². The molecule has 114 valence electrons. The molecule has 0 aromatic heterocycles. The highest BCUT2D eigenvalue weighted by atomic mass is 35.5. The van der Waals surface area contributed by atoms with Gasteiger partial charge in [0.05, 0.1) is 16.7 Å². The Bertz CT molecular complexity index is 406. The van der Waals surface area contributed by atoms with E-state index in [2.05, 4.69) is 11.8 Å². The molecular formula is C15H21Cl3NO-. The van der Waals surface area contributed by atoms with Crippen molar-refractivity contribution in [1.29, 1.82) is 0 Å². The summed E-state index contributed by atoms with van der Waals surface area (Å²) in [7, 11) is 0. The van der Waals surface area contributed by atoms with Crippen molar-refractivity contribution >= 4 is 23.2 Å². The van der Waals surface area contributed by atoms with Gasteiger partial charge in [0.2, 0.25) is 0 Å². The summed E-state index contributed by atoms with van der Waals surface area (Å²) in [6, 6.07) is 5.40. The van der Waals surface area contributed by atoms with Gasteiger partial charge in [0.1, 0.15) is 5.75 Å². The van der Waals surface area contributed by atoms with Gasteiger partial charge >= 0.3 is 0 Å². The fourth-order valence-corrected chi connectivity index (χ4v) is 2.62. The maximum Gasteiger partial charge on any atom is 0.120 e. The van der Waals surface area contributed by atoms with Crippen LogP contribution >= 0.6 is 23.2 Å². The zero-order valence-electron chi connectivity index (χ0n) is 11.7. The zero-order valence-corrected chi connectivity index (χ0v) is 14.0. The SMILES string of the molecule is CC1CCN(CCCOc2ccc(Cl)c(Cl)c2)CC1.[Cl-]. The van der Waals surface area contributed by atoms with Gasteiger partial charge in [-0.1, -0.05) is 30.1 Å². The quantitative estimate of drug-likeness (QED) is 0.755. The minimum absolute atomic E-state index is 0. The van der Waals surface area contributed by atoms with E-state index in [4.69, 9.17) is 27.9 Å². The van der Waals surface area contributed by atoms with Crippen molar-refractivity contribution in [1.82, 2.24) is 4.90 Å². The predicted octanol–water partition coefficient (Wildman–Crippen LogP) is 1.50. The minimum Gasteiger partial charge on any atom is -1.00 e. The van der Waals surface area contributed by atoms with Crippen molar-refractivity contribution in [3.63, 3.8) is 0 Å². The monoisotopic (exact) mass is 336 g/mol. The molecule has 2 nitrogen and oxygen atoms in total. The third-order valence-electron chi connectivity index (χ3n) is 3.65. The molecule has 1 aromatic carbocycles. The van der Waals surface area contributed by atoms with E-state index in [9.17, 15) is 0 Å². The summed E-state index contributed by atoms with van der Waals surface area (Å²) in [5.41, 5.74) is 0. The Balaban J connectivity index is 0.00000200. The van der Waals surface area contributed by atoms with Crippen molar-refractivity contribution in [3.05, 3.63) is 28.2 Å². The molecular weight excluding hydrogens is 317 g/mol. The lowest BCUT2D eigenvalue weighted by atomic mass is 9.99. The van der Waals surface area contributed by atoms with Crippen LogP contribution in [0.15, 0.2) is 18.2 Å². The number of hydrogen-bond donors (Lipinski definition) is 0. The van der Waals surface area contributed by atoms with E-state index in [-0.39, 0.29) is 12.4 Å². The summed E-state index contributed by atoms with van der Waals surface area (Å²) in [4.78, 5) is 2.53. The van der Waals surface area contributed by atoms with Gasteiger partial charge in [0.25, 0.3) is 0 Å². The molecule has 1 heterocycles. The first-order valence-electron chi connectivity index (χ1n) is 6.95. The molecule has 1 aliphatic heterocycles. The van der Waals surface area contributed by atoms with Crippen LogP contribution < -0.4 is 17.1 Å². The number of benzene rings is 1. The van der Waals surface area contributed by atoms with Crippen molar-refractivity contribution in [2.75, 3.05) is 26.2 Å². The van der Waals surface area contributed by atoms with Gasteiger partial charge < -0.3 is 22.0 Å². The van der Waals surface area contributed by atoms with Crippen LogP contribution in [0.4, 0.5) is 0 Å². The predicted molar refractivity (Wildman–Crippen MR) is 81.4 cm³/mol. The highest BCUT2D eigenvalue weighted by Crippen LogP contribution is 2.26. The molecule has 0 N–H and O–H groups in total. The molecule has 0 atom stereocenters. The van der Waals surface area contributed by atoms with E-state index in [1.807, 2.05) is 6.07 Å². The molecule has 1 fully saturated rings. The maximum absolute atomic E-state index is 5.94. The van der Waals surface area contributed by atoms with Crippen LogP contribution in [0.5, 0.6) is 5.75 Å². The molecule has 1 aromatic rings. The Morgan fingerprint density at radius 3 is 2.55 bits per heavy atom. The lowest BCUT2D eigenvalue weighted by Crippen LogP contribution is -3.00. The first kappa shape index (κ1) is 17.9. The highest BCUT2D eigenvalue weighted by Gasteiger charge is 2.14. The largest absolute Gasteiger partial charge is 1.00 e. The van der Waals surface area contributed by atoms with Crippen LogP contribution in [-0.4, -0.2) is 31.1 Å². The third kappa shape index (κ3) is 5.69. The van der Waals surface area contributed by atoms with Crippen molar-refractivity contribution in [2.24, 2.45) is 5.92 Å². The molecule has 0 radical (unpaired) electrons. The molecule has 1 aliphatic rings. The van der Waals surface area contributed by atoms with E-state index < -0.39 is 0 Å². The van der Waals surface area contributed by atoms with E-state index in [0.29, 0.717) is 10.0 Å². The van der Waals surface area contributed by atoms with Gasteiger partial charge in [-0.15, -0.1) is 0 Å². The molecule has 5 heteroatoms. The first-order valence-corrected chi connectivity index (χ1v) is 7.71. The number of rotatable bonds is 5. The van der Waals surface area contributed by atoms with Gasteiger partial charge in [-0.2, -0.15) is 0 Å². The molecule has 0 unspecified atom stereocenters. The lowest BCUT2D eigenvalue weighted by Gasteiger charge is -2.30. The van der Waals surface area contributed by atoms with Crippen LogP contribution in [0.2, 0.25) is 10.0 Å². The first-order chi connectivity index (χ1) is 9.15. The Kier molecular flexibility index (Phi) is 8.04. The summed E-state index contributed by atoms with van der Waals surface area (Å²) in [6.45, 7) is 6.64. The van der Waals surface area contributed by atoms with Gasteiger partial charge in [-0.05, 0) is 50.4 Å². The molecule has 0 bridgehead atoms. The summed E-state index contributed by atoms with van der Waals surface area (Å²) < 4.78 is 5.68. The average molecular weight is 338 g/mol. The molecule has 0 aliphatic carbocycles. The lowest BCUT2D eigenvalue weighted by molar-refractivity contribution is -0.00000443. The third-order valence-corrected chi connectivity index (χ3v) is 4.39. The van der Waals surface area contributed by atoms with Crippen LogP contribution in [-0.2, 0) is 0 Å². The maximum atomic E-state index is 5.94. The number of hydrogen-bond acceptors (Lipinski definition) is 2. The van der Waals surface area contributed by atoms with Gasteiger partial charge in [-0.3, -0.25) is 0 Å². The standard InChI is InChI=1S/C15H21Cl2NO.ClH/c1-12-5-8-18(9-6-12)7-2-10-19-13-3-4-14(16)15(17)11-13;/h3-4,11-12H,2,5-10H2,1H3;1H/p-1. The zero-order chi connectivity index (χ0) is 13.7. The molecule has 20 heavy (non-hydrogen) atoms. The van der Waals surface area contributed by atoms with Gasteiger partial charge in [0.15, 0.2) is 0 Å². The van der Waals surface area contributed by atoms with Crippen LogP contribution in [0.25, 0.3) is 0 Å². The average Bonchev–Trinajstić information content (AvgIpc) is 2.41. The highest BCUT2D eigenvalue weighted by molar-refractivity contribution is 6.42. The molecule has 0 spiro atoms. The van der Waals surface area contributed by atoms with Gasteiger partial charge in [0, 0.05) is 12.6 Å². The van der Waals surface area contributed by atoms with E-state index in [0.717, 1.165) is 31.2 Å². The number of nitrogens with zero attached hydrogens (tertiary/aromatic N) is 1. The van der Waals surface area contributed by atoms with Crippen molar-refractivity contribution in [3.8, 4) is 5.75 Å².